The van der Waals surface area contributed by atoms with Crippen LogP contribution in [0.3, 0.4) is 0 Å². The third-order valence-electron chi connectivity index (χ3n) is 3.65. The molecule has 2 rings (SSSR count). The highest BCUT2D eigenvalue weighted by Gasteiger charge is 2.24. The highest BCUT2D eigenvalue weighted by atomic mass is 16.5. The second-order valence-electron chi connectivity index (χ2n) is 5.87. The van der Waals surface area contributed by atoms with E-state index >= 15 is 0 Å². The average Bonchev–Trinajstić information content (AvgIpc) is 3.35. The predicted octanol–water partition coefficient (Wildman–Crippen LogP) is 0.897. The Hall–Kier alpha value is -2.57. The standard InChI is InChI=1S/C17H22N2O5/c1-11-4-7-14(23-3)13(8-11)17(22)24-10-16(21)19(2)9-15(20)18-12-5-6-12/h4,7-8,12H,5-6,9-10H2,1-3H3,(H,18,20). The average molecular weight is 334 g/mol. The van der Waals surface area contributed by atoms with Gasteiger partial charge in [-0.05, 0) is 31.9 Å². The summed E-state index contributed by atoms with van der Waals surface area (Å²) in [4.78, 5) is 37.0. The summed E-state index contributed by atoms with van der Waals surface area (Å²) in [6.45, 7) is 1.36. The quantitative estimate of drug-likeness (QED) is 0.749. The first-order valence-corrected chi connectivity index (χ1v) is 7.75. The van der Waals surface area contributed by atoms with Gasteiger partial charge >= 0.3 is 5.97 Å². The van der Waals surface area contributed by atoms with Gasteiger partial charge < -0.3 is 19.7 Å². The fourth-order valence-electron chi connectivity index (χ4n) is 2.10. The minimum atomic E-state index is -0.639. The highest BCUT2D eigenvalue weighted by Crippen LogP contribution is 2.20. The Balaban J connectivity index is 1.85. The Labute approximate surface area is 140 Å². The normalized spacial score (nSPS) is 13.1. The SMILES string of the molecule is COc1ccc(C)cc1C(=O)OCC(=O)N(C)CC(=O)NC1CC1. The van der Waals surface area contributed by atoms with Crippen LogP contribution in [0.15, 0.2) is 18.2 Å². The van der Waals surface area contributed by atoms with Crippen LogP contribution >= 0.6 is 0 Å². The number of rotatable bonds is 7. The molecule has 0 atom stereocenters. The van der Waals surface area contributed by atoms with E-state index in [2.05, 4.69) is 5.32 Å². The van der Waals surface area contributed by atoms with Crippen molar-refractivity contribution in [3.8, 4) is 5.75 Å². The molecule has 24 heavy (non-hydrogen) atoms. The summed E-state index contributed by atoms with van der Waals surface area (Å²) < 4.78 is 10.2. The van der Waals surface area contributed by atoms with Crippen molar-refractivity contribution in [1.82, 2.24) is 10.2 Å². The van der Waals surface area contributed by atoms with Crippen molar-refractivity contribution in [2.45, 2.75) is 25.8 Å². The van der Waals surface area contributed by atoms with E-state index in [0.29, 0.717) is 5.75 Å². The monoisotopic (exact) mass is 334 g/mol. The molecule has 130 valence electrons. The lowest BCUT2D eigenvalue weighted by Gasteiger charge is -2.17. The first kappa shape index (κ1) is 17.8. The van der Waals surface area contributed by atoms with Crippen molar-refractivity contribution in [3.63, 3.8) is 0 Å². The molecule has 0 radical (unpaired) electrons. The molecule has 1 N–H and O–H groups in total. The third-order valence-corrected chi connectivity index (χ3v) is 3.65. The molecule has 1 aliphatic carbocycles. The number of benzene rings is 1. The molecule has 0 spiro atoms. The van der Waals surface area contributed by atoms with E-state index < -0.39 is 18.5 Å². The highest BCUT2D eigenvalue weighted by molar-refractivity contribution is 5.94. The number of aryl methyl sites for hydroxylation is 1. The van der Waals surface area contributed by atoms with Crippen LogP contribution in [0.2, 0.25) is 0 Å². The fourth-order valence-corrected chi connectivity index (χ4v) is 2.10. The summed E-state index contributed by atoms with van der Waals surface area (Å²) in [5.41, 5.74) is 1.14. The number of hydrogen-bond donors (Lipinski definition) is 1. The van der Waals surface area contributed by atoms with E-state index in [0.717, 1.165) is 18.4 Å². The summed E-state index contributed by atoms with van der Waals surface area (Å²) in [5, 5.41) is 2.79. The lowest BCUT2D eigenvalue weighted by atomic mass is 10.1. The Kier molecular flexibility index (Phi) is 5.78. The van der Waals surface area contributed by atoms with Gasteiger partial charge in [0.05, 0.1) is 13.7 Å². The van der Waals surface area contributed by atoms with E-state index in [9.17, 15) is 14.4 Å². The van der Waals surface area contributed by atoms with Gasteiger partial charge in [-0.25, -0.2) is 4.79 Å². The van der Waals surface area contributed by atoms with Crippen LogP contribution in [0.5, 0.6) is 5.75 Å². The molecule has 1 saturated carbocycles. The van der Waals surface area contributed by atoms with Crippen molar-refractivity contribution >= 4 is 17.8 Å². The van der Waals surface area contributed by atoms with E-state index in [4.69, 9.17) is 9.47 Å². The van der Waals surface area contributed by atoms with Gasteiger partial charge in [0.25, 0.3) is 5.91 Å². The third kappa shape index (κ3) is 4.97. The summed E-state index contributed by atoms with van der Waals surface area (Å²) in [7, 11) is 2.95. The van der Waals surface area contributed by atoms with Crippen molar-refractivity contribution in [1.29, 1.82) is 0 Å². The predicted molar refractivity (Wildman–Crippen MR) is 86.8 cm³/mol. The zero-order valence-corrected chi connectivity index (χ0v) is 14.1. The molecular weight excluding hydrogens is 312 g/mol. The summed E-state index contributed by atoms with van der Waals surface area (Å²) in [6, 6.07) is 5.36. The first-order valence-electron chi connectivity index (χ1n) is 7.75. The number of ether oxygens (including phenoxy) is 2. The topological polar surface area (TPSA) is 84.9 Å². The number of methoxy groups -OCH3 is 1. The van der Waals surface area contributed by atoms with Crippen LogP contribution in [-0.4, -0.2) is 56.0 Å². The van der Waals surface area contributed by atoms with Gasteiger partial charge in [-0.1, -0.05) is 11.6 Å². The maximum atomic E-state index is 12.1. The van der Waals surface area contributed by atoms with Crippen molar-refractivity contribution in [2.75, 3.05) is 27.3 Å². The lowest BCUT2D eigenvalue weighted by molar-refractivity contribution is -0.137. The van der Waals surface area contributed by atoms with E-state index in [-0.39, 0.29) is 24.1 Å². The Bertz CT molecular complexity index is 640. The van der Waals surface area contributed by atoms with Gasteiger partial charge in [0, 0.05) is 13.1 Å². The molecule has 1 aromatic carbocycles. The van der Waals surface area contributed by atoms with E-state index in [1.807, 2.05) is 13.0 Å². The Morgan fingerprint density at radius 2 is 2.00 bits per heavy atom. The van der Waals surface area contributed by atoms with Gasteiger partial charge in [-0.15, -0.1) is 0 Å². The number of amides is 2. The number of nitrogens with one attached hydrogen (secondary N) is 1. The number of nitrogens with zero attached hydrogens (tertiary/aromatic N) is 1. The van der Waals surface area contributed by atoms with Gasteiger partial charge in [0.15, 0.2) is 6.61 Å². The van der Waals surface area contributed by atoms with Crippen LogP contribution in [-0.2, 0) is 14.3 Å². The maximum absolute atomic E-state index is 12.1. The van der Waals surface area contributed by atoms with Gasteiger partial charge in [0.2, 0.25) is 5.91 Å². The van der Waals surface area contributed by atoms with Crippen LogP contribution in [0.1, 0.15) is 28.8 Å². The number of esters is 1. The minimum absolute atomic E-state index is 0.0549. The summed E-state index contributed by atoms with van der Waals surface area (Å²) in [6.07, 6.45) is 1.97. The lowest BCUT2D eigenvalue weighted by Crippen LogP contribution is -2.40. The molecule has 1 fully saturated rings. The van der Waals surface area contributed by atoms with Crippen LogP contribution in [0.4, 0.5) is 0 Å². The van der Waals surface area contributed by atoms with E-state index in [1.54, 1.807) is 12.1 Å². The Morgan fingerprint density at radius 3 is 2.62 bits per heavy atom. The second kappa shape index (κ2) is 7.81. The zero-order valence-electron chi connectivity index (χ0n) is 14.1. The summed E-state index contributed by atoms with van der Waals surface area (Å²) in [5.74, 6) is -0.907. The van der Waals surface area contributed by atoms with Gasteiger partial charge in [-0.3, -0.25) is 9.59 Å². The summed E-state index contributed by atoms with van der Waals surface area (Å²) >= 11 is 0. The minimum Gasteiger partial charge on any atom is -0.496 e. The number of hydrogen-bond acceptors (Lipinski definition) is 5. The molecule has 0 aromatic heterocycles. The number of carbonyl (C=O) groups is 3. The number of likely N-dealkylation sites (N-methyl/N-ethyl adjacent to an activating group) is 1. The molecule has 0 bridgehead atoms. The van der Waals surface area contributed by atoms with Gasteiger partial charge in [0.1, 0.15) is 11.3 Å². The first-order chi connectivity index (χ1) is 11.4. The van der Waals surface area contributed by atoms with Crippen LogP contribution in [0, 0.1) is 6.92 Å². The molecule has 0 heterocycles. The molecule has 0 aliphatic heterocycles. The number of carbonyl (C=O) groups excluding carboxylic acids is 3. The molecule has 7 nitrogen and oxygen atoms in total. The van der Waals surface area contributed by atoms with Crippen molar-refractivity contribution < 1.29 is 23.9 Å². The smallest absolute Gasteiger partial charge is 0.342 e. The molecule has 0 unspecified atom stereocenters. The molecule has 2 amide bonds. The fraction of sp³-hybridized carbons (Fsp3) is 0.471. The molecule has 7 heteroatoms. The van der Waals surface area contributed by atoms with E-state index in [1.165, 1.54) is 19.1 Å². The maximum Gasteiger partial charge on any atom is 0.342 e. The second-order valence-corrected chi connectivity index (χ2v) is 5.87. The largest absolute Gasteiger partial charge is 0.496 e. The van der Waals surface area contributed by atoms with Crippen LogP contribution < -0.4 is 10.1 Å². The Morgan fingerprint density at radius 1 is 1.29 bits per heavy atom. The van der Waals surface area contributed by atoms with Crippen LogP contribution in [0.25, 0.3) is 0 Å². The van der Waals surface area contributed by atoms with Crippen molar-refractivity contribution in [2.24, 2.45) is 0 Å². The molecule has 1 aliphatic rings. The zero-order chi connectivity index (χ0) is 17.7. The molecule has 0 saturated heterocycles. The van der Waals surface area contributed by atoms with Gasteiger partial charge in [-0.2, -0.15) is 0 Å². The molecular formula is C17H22N2O5. The molecule has 1 aromatic rings. The van der Waals surface area contributed by atoms with Crippen molar-refractivity contribution in [3.05, 3.63) is 29.3 Å².